The molecule has 1 nitrogen and oxygen atoms in total. The van der Waals surface area contributed by atoms with Gasteiger partial charge in [-0.05, 0) is 9.81 Å². The van der Waals surface area contributed by atoms with Gasteiger partial charge in [-0.3, -0.25) is 0 Å². The van der Waals surface area contributed by atoms with E-state index in [2.05, 4.69) is 25.3 Å². The third kappa shape index (κ3) is 2.24. The minimum Gasteiger partial charge on any atom is -0.381 e. The van der Waals surface area contributed by atoms with Gasteiger partial charge in [0.1, 0.15) is 0 Å². The van der Waals surface area contributed by atoms with Crippen molar-refractivity contribution in [3.8, 4) is 0 Å². The van der Waals surface area contributed by atoms with E-state index in [-0.39, 0.29) is 0 Å². The molecule has 0 amide bonds. The number of hydrogen-bond donors (Lipinski definition) is 2. The summed E-state index contributed by atoms with van der Waals surface area (Å²) in [6, 6.07) is 0. The van der Waals surface area contributed by atoms with Gasteiger partial charge in [-0.15, -0.1) is 25.3 Å². The Balaban J connectivity index is 2.55. The van der Waals surface area contributed by atoms with Crippen molar-refractivity contribution in [1.29, 1.82) is 0 Å². The quantitative estimate of drug-likeness (QED) is 0.517. The van der Waals surface area contributed by atoms with E-state index in [1.165, 1.54) is 0 Å². The molecule has 1 rings (SSSR count). The fraction of sp³-hybridized carbons (Fsp3) is 0.667. The van der Waals surface area contributed by atoms with Crippen molar-refractivity contribution < 1.29 is 4.74 Å². The molecule has 0 spiro atoms. The summed E-state index contributed by atoms with van der Waals surface area (Å²) in [5.41, 5.74) is 0. The molecule has 52 valence electrons. The molecule has 0 aromatic rings. The third-order valence-electron chi connectivity index (χ3n) is 1.30. The van der Waals surface area contributed by atoms with E-state index in [0.717, 1.165) is 35.9 Å². The number of hydrogen-bond acceptors (Lipinski definition) is 3. The average molecular weight is 162 g/mol. The van der Waals surface area contributed by atoms with Gasteiger partial charge >= 0.3 is 0 Å². The molecule has 0 aromatic heterocycles. The zero-order valence-electron chi connectivity index (χ0n) is 5.13. The number of rotatable bonds is 0. The lowest BCUT2D eigenvalue weighted by molar-refractivity contribution is 0.147. The van der Waals surface area contributed by atoms with Gasteiger partial charge in [-0.1, -0.05) is 0 Å². The Bertz CT molecular complexity index is 117. The predicted octanol–water partition coefficient (Wildman–Crippen LogP) is 1.87. The Labute approximate surface area is 66.3 Å². The van der Waals surface area contributed by atoms with Gasteiger partial charge in [0.05, 0.1) is 13.2 Å². The number of thiol groups is 2. The van der Waals surface area contributed by atoms with Gasteiger partial charge in [0.15, 0.2) is 0 Å². The van der Waals surface area contributed by atoms with E-state index >= 15 is 0 Å². The Morgan fingerprint density at radius 3 is 1.89 bits per heavy atom. The van der Waals surface area contributed by atoms with Gasteiger partial charge in [0.25, 0.3) is 0 Å². The summed E-state index contributed by atoms with van der Waals surface area (Å²) in [5, 5.41) is 0. The van der Waals surface area contributed by atoms with Gasteiger partial charge < -0.3 is 4.74 Å². The smallest absolute Gasteiger partial charge is 0.0511 e. The first-order valence-corrected chi connectivity index (χ1v) is 3.88. The first-order valence-electron chi connectivity index (χ1n) is 2.98. The highest BCUT2D eigenvalue weighted by Gasteiger charge is 2.03. The van der Waals surface area contributed by atoms with Crippen molar-refractivity contribution in [3.05, 3.63) is 9.81 Å². The second-order valence-electron chi connectivity index (χ2n) is 2.01. The van der Waals surface area contributed by atoms with Crippen LogP contribution in [0.2, 0.25) is 0 Å². The highest BCUT2D eigenvalue weighted by atomic mass is 32.1. The van der Waals surface area contributed by atoms with Crippen molar-refractivity contribution in [2.24, 2.45) is 0 Å². The summed E-state index contributed by atoms with van der Waals surface area (Å²) in [4.78, 5) is 2.16. The largest absolute Gasteiger partial charge is 0.381 e. The standard InChI is InChI=1S/C6H10OS2/c8-5-1-3-7-4-2-6(5)9/h8-9H,1-4H2. The molecule has 1 aliphatic heterocycles. The van der Waals surface area contributed by atoms with Crippen LogP contribution in [-0.2, 0) is 4.74 Å². The molecular weight excluding hydrogens is 152 g/mol. The van der Waals surface area contributed by atoms with Crippen molar-refractivity contribution in [1.82, 2.24) is 0 Å². The zero-order valence-corrected chi connectivity index (χ0v) is 6.92. The van der Waals surface area contributed by atoms with Crippen LogP contribution in [0.5, 0.6) is 0 Å². The van der Waals surface area contributed by atoms with Gasteiger partial charge in [0, 0.05) is 12.8 Å². The molecule has 0 N–H and O–H groups in total. The highest BCUT2D eigenvalue weighted by Crippen LogP contribution is 2.21. The second kappa shape index (κ2) is 3.54. The van der Waals surface area contributed by atoms with Crippen LogP contribution in [0.25, 0.3) is 0 Å². The second-order valence-corrected chi connectivity index (χ2v) is 3.09. The Hall–Kier alpha value is 0.400. The van der Waals surface area contributed by atoms with Gasteiger partial charge in [-0.25, -0.2) is 0 Å². The lowest BCUT2D eigenvalue weighted by Gasteiger charge is -1.95. The molecule has 3 heteroatoms. The Morgan fingerprint density at radius 2 is 1.44 bits per heavy atom. The van der Waals surface area contributed by atoms with Crippen molar-refractivity contribution in [3.63, 3.8) is 0 Å². The molecule has 9 heavy (non-hydrogen) atoms. The number of ether oxygens (including phenoxy) is 1. The third-order valence-corrected chi connectivity index (χ3v) is 2.46. The van der Waals surface area contributed by atoms with E-state index in [9.17, 15) is 0 Å². The molecular formula is C6H10OS2. The summed E-state index contributed by atoms with van der Waals surface area (Å²) < 4.78 is 5.20. The summed E-state index contributed by atoms with van der Waals surface area (Å²) in [6.45, 7) is 1.59. The molecule has 1 aliphatic rings. The van der Waals surface area contributed by atoms with Crippen LogP contribution >= 0.6 is 25.3 Å². The first-order chi connectivity index (χ1) is 4.30. The molecule has 0 unspecified atom stereocenters. The molecule has 0 aliphatic carbocycles. The van der Waals surface area contributed by atoms with Crippen molar-refractivity contribution >= 4 is 25.3 Å². The SMILES string of the molecule is SC1=C(S)CCOCC1. The molecule has 0 aromatic carbocycles. The molecule has 0 bridgehead atoms. The highest BCUT2D eigenvalue weighted by molar-refractivity contribution is 7.88. The topological polar surface area (TPSA) is 9.23 Å². The summed E-state index contributed by atoms with van der Waals surface area (Å²) in [5.74, 6) is 0. The minimum atomic E-state index is 0.795. The van der Waals surface area contributed by atoms with Crippen LogP contribution in [-0.4, -0.2) is 13.2 Å². The van der Waals surface area contributed by atoms with Crippen molar-refractivity contribution in [2.75, 3.05) is 13.2 Å². The molecule has 0 saturated carbocycles. The Kier molecular flexibility index (Phi) is 2.95. The van der Waals surface area contributed by atoms with Crippen LogP contribution < -0.4 is 0 Å². The lowest BCUT2D eigenvalue weighted by atomic mass is 10.3. The Morgan fingerprint density at radius 1 is 1.00 bits per heavy atom. The normalized spacial score (nSPS) is 22.0. The fourth-order valence-corrected chi connectivity index (χ4v) is 1.13. The first kappa shape index (κ1) is 7.51. The fourth-order valence-electron chi connectivity index (χ4n) is 0.728. The van der Waals surface area contributed by atoms with Crippen LogP contribution in [0, 0.1) is 0 Å². The van der Waals surface area contributed by atoms with Crippen LogP contribution in [0.15, 0.2) is 9.81 Å². The maximum absolute atomic E-state index is 5.20. The molecule has 0 saturated heterocycles. The monoisotopic (exact) mass is 162 g/mol. The maximum atomic E-state index is 5.20. The lowest BCUT2D eigenvalue weighted by Crippen LogP contribution is -1.91. The summed E-state index contributed by atoms with van der Waals surface area (Å²) in [6.07, 6.45) is 1.84. The van der Waals surface area contributed by atoms with E-state index in [1.54, 1.807) is 0 Å². The van der Waals surface area contributed by atoms with E-state index in [0.29, 0.717) is 0 Å². The predicted molar refractivity (Wildman–Crippen MR) is 45.1 cm³/mol. The van der Waals surface area contributed by atoms with Gasteiger partial charge in [-0.2, -0.15) is 0 Å². The molecule has 0 radical (unpaired) electrons. The minimum absolute atomic E-state index is 0.795. The zero-order chi connectivity index (χ0) is 6.69. The van der Waals surface area contributed by atoms with Crippen molar-refractivity contribution in [2.45, 2.75) is 12.8 Å². The summed E-state index contributed by atoms with van der Waals surface area (Å²) >= 11 is 8.50. The van der Waals surface area contributed by atoms with E-state index in [1.807, 2.05) is 0 Å². The van der Waals surface area contributed by atoms with Crippen LogP contribution in [0.3, 0.4) is 0 Å². The van der Waals surface area contributed by atoms with E-state index < -0.39 is 0 Å². The molecule has 1 heterocycles. The average Bonchev–Trinajstić information content (AvgIpc) is 1.99. The summed E-state index contributed by atoms with van der Waals surface area (Å²) in [7, 11) is 0. The molecule has 0 fully saturated rings. The van der Waals surface area contributed by atoms with Gasteiger partial charge in [0.2, 0.25) is 0 Å². The maximum Gasteiger partial charge on any atom is 0.0511 e. The van der Waals surface area contributed by atoms with Crippen LogP contribution in [0.4, 0.5) is 0 Å². The molecule has 0 atom stereocenters. The van der Waals surface area contributed by atoms with Crippen LogP contribution in [0.1, 0.15) is 12.8 Å². The van der Waals surface area contributed by atoms with E-state index in [4.69, 9.17) is 4.74 Å².